The molecule has 0 aliphatic carbocycles. The molecule has 19 heteroatoms. The Hall–Kier alpha value is -5.69. The van der Waals surface area contributed by atoms with Gasteiger partial charge in [0.15, 0.2) is 11.3 Å². The Kier molecular flexibility index (Phi) is 8.89. The third kappa shape index (κ3) is 6.28. The zero-order valence-corrected chi connectivity index (χ0v) is 28.1. The number of nitrogens with one attached hydrogen (secondary N) is 2. The molecule has 4 aliphatic rings. The molecule has 4 aromatic rings. The highest BCUT2D eigenvalue weighted by Gasteiger charge is 2.46. The smallest absolute Gasteiger partial charge is 0.284 e. The monoisotopic (exact) mass is 734 g/mol. The summed E-state index contributed by atoms with van der Waals surface area (Å²) in [5.74, 6) is -3.90. The van der Waals surface area contributed by atoms with Gasteiger partial charge < -0.3 is 15.0 Å². The molecule has 4 aliphatic heterocycles. The lowest BCUT2D eigenvalue weighted by molar-refractivity contribution is -0.136. The number of nitrogens with zero attached hydrogens (tertiary/aromatic N) is 8. The Morgan fingerprint density at radius 1 is 1.02 bits per heavy atom. The number of aromatic nitrogens is 5. The van der Waals surface area contributed by atoms with Crippen LogP contribution in [-0.4, -0.2) is 109 Å². The molecule has 276 valence electrons. The number of fused-ring (bicyclic) bond motifs is 2. The summed E-state index contributed by atoms with van der Waals surface area (Å²) in [6.07, 6.45) is 2.26. The molecule has 3 aromatic heterocycles. The van der Waals surface area contributed by atoms with Crippen molar-refractivity contribution in [1.82, 2.24) is 39.5 Å². The summed E-state index contributed by atoms with van der Waals surface area (Å²) in [7, 11) is 0. The van der Waals surface area contributed by atoms with Gasteiger partial charge in [-0.25, -0.2) is 22.7 Å². The minimum Gasteiger partial charge on any atom is -0.378 e. The van der Waals surface area contributed by atoms with Crippen LogP contribution in [0.5, 0.6) is 0 Å². The zero-order valence-electron chi connectivity index (χ0n) is 28.1. The molecule has 53 heavy (non-hydrogen) atoms. The quantitative estimate of drug-likeness (QED) is 0.254. The molecule has 3 saturated heterocycles. The van der Waals surface area contributed by atoms with Gasteiger partial charge in [0.1, 0.15) is 23.2 Å². The average molecular weight is 735 g/mol. The van der Waals surface area contributed by atoms with Crippen molar-refractivity contribution in [3.05, 3.63) is 70.6 Å². The number of amides is 5. The minimum atomic E-state index is -2.97. The van der Waals surface area contributed by atoms with E-state index in [1.165, 1.54) is 33.7 Å². The van der Waals surface area contributed by atoms with E-state index >= 15 is 4.39 Å². The number of imide groups is 2. The molecule has 0 radical (unpaired) electrons. The number of hydrogen-bond acceptors (Lipinski definition) is 11. The number of anilines is 2. The first-order valence-electron chi connectivity index (χ1n) is 17.2. The topological polar surface area (TPSA) is 176 Å². The number of rotatable bonds is 8. The van der Waals surface area contributed by atoms with E-state index in [0.717, 1.165) is 4.90 Å². The molecule has 2 N–H and O–H groups in total. The van der Waals surface area contributed by atoms with E-state index in [1.54, 1.807) is 12.3 Å². The second kappa shape index (κ2) is 13.7. The van der Waals surface area contributed by atoms with Crippen molar-refractivity contribution in [2.75, 3.05) is 49.6 Å². The molecule has 8 rings (SSSR count). The molecule has 0 bridgehead atoms. The highest BCUT2D eigenvalue weighted by Crippen LogP contribution is 2.34. The van der Waals surface area contributed by atoms with Gasteiger partial charge in [-0.15, -0.1) is 0 Å². The summed E-state index contributed by atoms with van der Waals surface area (Å²) in [4.78, 5) is 72.9. The molecule has 3 fully saturated rings. The molecule has 0 saturated carbocycles. The third-order valence-electron chi connectivity index (χ3n) is 10.1. The van der Waals surface area contributed by atoms with E-state index in [4.69, 9.17) is 4.74 Å². The molecular formula is C34H33F3N10O6. The largest absolute Gasteiger partial charge is 0.378 e. The standard InChI is InChI=1S/C34H33F3N10O6/c35-27-18(1-2-20-26(27)34(52)47(33(20)51)23-3-4-25(48)41-32(23)50)16-43-8-5-19(6-9-43)46-17-22(28(42-46)29(36)37)39-31(49)21-15-38-45-10-7-24(40-30(21)45)44-11-13-53-14-12-44/h1-2,7,10,15,17,19,23,29H,3-6,8-9,11-14,16H2,(H,39,49)(H,41,48,50). The molecule has 1 aromatic carbocycles. The van der Waals surface area contributed by atoms with E-state index in [1.807, 2.05) is 9.80 Å². The van der Waals surface area contributed by atoms with Crippen LogP contribution in [0.15, 0.2) is 36.8 Å². The van der Waals surface area contributed by atoms with E-state index in [-0.39, 0.29) is 53.5 Å². The van der Waals surface area contributed by atoms with Crippen LogP contribution in [-0.2, 0) is 20.9 Å². The third-order valence-corrected chi connectivity index (χ3v) is 10.1. The number of hydrogen-bond donors (Lipinski definition) is 2. The van der Waals surface area contributed by atoms with Crippen molar-refractivity contribution in [2.45, 2.75) is 50.7 Å². The average Bonchev–Trinajstić information content (AvgIpc) is 3.84. The maximum Gasteiger partial charge on any atom is 0.284 e. The second-order valence-corrected chi connectivity index (χ2v) is 13.3. The van der Waals surface area contributed by atoms with Gasteiger partial charge >= 0.3 is 0 Å². The van der Waals surface area contributed by atoms with Crippen LogP contribution in [0, 0.1) is 5.82 Å². The molecule has 16 nitrogen and oxygen atoms in total. The number of alkyl halides is 2. The Labute approximate surface area is 298 Å². The highest BCUT2D eigenvalue weighted by molar-refractivity contribution is 6.23. The summed E-state index contributed by atoms with van der Waals surface area (Å²) in [5, 5.41) is 13.0. The first-order valence-corrected chi connectivity index (χ1v) is 17.2. The van der Waals surface area contributed by atoms with Gasteiger partial charge in [-0.2, -0.15) is 10.2 Å². The molecule has 0 spiro atoms. The van der Waals surface area contributed by atoms with Crippen molar-refractivity contribution in [1.29, 1.82) is 0 Å². The predicted octanol–water partition coefficient (Wildman–Crippen LogP) is 2.33. The summed E-state index contributed by atoms with van der Waals surface area (Å²) < 4.78 is 52.4. The molecule has 1 unspecified atom stereocenters. The van der Waals surface area contributed by atoms with Gasteiger partial charge in [0.2, 0.25) is 11.8 Å². The van der Waals surface area contributed by atoms with E-state index in [0.29, 0.717) is 58.1 Å². The molecule has 5 amide bonds. The Morgan fingerprint density at radius 2 is 1.79 bits per heavy atom. The fraction of sp³-hybridized carbons (Fsp3) is 0.412. The lowest BCUT2D eigenvalue weighted by Crippen LogP contribution is -2.54. The van der Waals surface area contributed by atoms with Gasteiger partial charge in [-0.05, 0) is 31.4 Å². The van der Waals surface area contributed by atoms with Crippen LogP contribution in [0.25, 0.3) is 5.65 Å². The lowest BCUT2D eigenvalue weighted by atomic mass is 10.0. The van der Waals surface area contributed by atoms with Crippen LogP contribution in [0.3, 0.4) is 0 Å². The van der Waals surface area contributed by atoms with Crippen LogP contribution in [0.1, 0.15) is 80.5 Å². The predicted molar refractivity (Wildman–Crippen MR) is 178 cm³/mol. The molecular weight excluding hydrogens is 701 g/mol. The van der Waals surface area contributed by atoms with Crippen molar-refractivity contribution < 1.29 is 41.9 Å². The number of piperidine rings is 2. The number of ether oxygens (including phenoxy) is 1. The van der Waals surface area contributed by atoms with Gasteiger partial charge in [-0.1, -0.05) is 6.07 Å². The Balaban J connectivity index is 0.931. The number of halogens is 3. The fourth-order valence-corrected chi connectivity index (χ4v) is 7.29. The van der Waals surface area contributed by atoms with Crippen molar-refractivity contribution in [2.24, 2.45) is 0 Å². The maximum absolute atomic E-state index is 15.8. The van der Waals surface area contributed by atoms with Gasteiger partial charge in [-0.3, -0.25) is 43.8 Å². The summed E-state index contributed by atoms with van der Waals surface area (Å²) in [6.45, 7) is 3.34. The first kappa shape index (κ1) is 34.4. The van der Waals surface area contributed by atoms with Crippen LogP contribution in [0.4, 0.5) is 24.7 Å². The van der Waals surface area contributed by atoms with Crippen LogP contribution >= 0.6 is 0 Å². The summed E-state index contributed by atoms with van der Waals surface area (Å²) in [5.41, 5.74) is -0.715. The Bertz CT molecular complexity index is 2160. The normalized spacial score (nSPS) is 20.1. The lowest BCUT2D eigenvalue weighted by Gasteiger charge is -2.32. The van der Waals surface area contributed by atoms with E-state index in [9.17, 15) is 32.8 Å². The van der Waals surface area contributed by atoms with E-state index < -0.39 is 59.1 Å². The maximum atomic E-state index is 15.8. The first-order chi connectivity index (χ1) is 25.6. The fourth-order valence-electron chi connectivity index (χ4n) is 7.29. The number of benzene rings is 1. The summed E-state index contributed by atoms with van der Waals surface area (Å²) >= 11 is 0. The number of carbonyl (C=O) groups excluding carboxylic acids is 5. The summed E-state index contributed by atoms with van der Waals surface area (Å²) in [6, 6.07) is 3.07. The van der Waals surface area contributed by atoms with Gasteiger partial charge in [0.05, 0.1) is 42.3 Å². The van der Waals surface area contributed by atoms with Crippen LogP contribution < -0.4 is 15.5 Å². The number of carbonyl (C=O) groups is 5. The highest BCUT2D eigenvalue weighted by atomic mass is 19.3. The zero-order chi connectivity index (χ0) is 37.0. The van der Waals surface area contributed by atoms with Gasteiger partial charge in [0, 0.05) is 57.1 Å². The Morgan fingerprint density at radius 3 is 2.53 bits per heavy atom. The van der Waals surface area contributed by atoms with Gasteiger partial charge in [0.25, 0.3) is 24.1 Å². The number of likely N-dealkylation sites (tertiary alicyclic amines) is 1. The van der Waals surface area contributed by atoms with Crippen molar-refractivity contribution in [3.63, 3.8) is 0 Å². The van der Waals surface area contributed by atoms with E-state index in [2.05, 4.69) is 25.8 Å². The van der Waals surface area contributed by atoms with Crippen molar-refractivity contribution in [3.8, 4) is 0 Å². The molecule has 7 heterocycles. The molecule has 1 atom stereocenters. The van der Waals surface area contributed by atoms with Crippen LogP contribution in [0.2, 0.25) is 0 Å². The second-order valence-electron chi connectivity index (χ2n) is 13.3. The minimum absolute atomic E-state index is 0.0432. The van der Waals surface area contributed by atoms with Crippen molar-refractivity contribution >= 4 is 46.7 Å². The number of morpholine rings is 1. The SMILES string of the molecule is O=C1CCC(N2C(=O)c3ccc(CN4CCC(n5cc(NC(=O)c6cnn7ccc(N8CCOCC8)nc67)c(C(F)F)n5)CC4)c(F)c3C2=O)C(=O)N1.